The van der Waals surface area contributed by atoms with Crippen molar-refractivity contribution in [2.45, 2.75) is 6.92 Å². The largest absolute Gasteiger partial charge is 0.496 e. The molecule has 0 spiro atoms. The molecular weight excluding hydrogens is 228 g/mol. The molecule has 0 bridgehead atoms. The average Bonchev–Trinajstić information content (AvgIpc) is 2.35. The standard InChI is InChI=1S/C15H14O3/c1-11-9-13(16)10-14(18-11)8-7-12-5-3-4-6-15(12)17-2/h3-10H,1-2H3/b8-7+. The van der Waals surface area contributed by atoms with Gasteiger partial charge in [0.15, 0.2) is 5.43 Å². The summed E-state index contributed by atoms with van der Waals surface area (Å²) in [5.41, 5.74) is 0.877. The fourth-order valence-corrected chi connectivity index (χ4v) is 1.69. The van der Waals surface area contributed by atoms with Crippen LogP contribution < -0.4 is 10.2 Å². The molecule has 1 aromatic carbocycles. The van der Waals surface area contributed by atoms with Crippen molar-refractivity contribution in [1.82, 2.24) is 0 Å². The van der Waals surface area contributed by atoms with Gasteiger partial charge in [0.1, 0.15) is 17.3 Å². The Hall–Kier alpha value is -2.29. The molecule has 0 radical (unpaired) electrons. The van der Waals surface area contributed by atoms with Crippen molar-refractivity contribution in [3.63, 3.8) is 0 Å². The summed E-state index contributed by atoms with van der Waals surface area (Å²) in [5.74, 6) is 1.91. The molecule has 0 atom stereocenters. The quantitative estimate of drug-likeness (QED) is 0.830. The molecule has 3 nitrogen and oxygen atoms in total. The van der Waals surface area contributed by atoms with Gasteiger partial charge in [-0.1, -0.05) is 18.2 Å². The fraction of sp³-hybridized carbons (Fsp3) is 0.133. The van der Waals surface area contributed by atoms with E-state index in [2.05, 4.69) is 0 Å². The SMILES string of the molecule is COc1ccccc1/C=C/c1cc(=O)cc(C)o1. The Morgan fingerprint density at radius 2 is 1.94 bits per heavy atom. The van der Waals surface area contributed by atoms with Crippen LogP contribution in [0.1, 0.15) is 17.1 Å². The van der Waals surface area contributed by atoms with Crippen molar-refractivity contribution in [2.75, 3.05) is 7.11 Å². The minimum atomic E-state index is -0.0570. The zero-order valence-corrected chi connectivity index (χ0v) is 10.3. The van der Waals surface area contributed by atoms with Crippen LogP contribution >= 0.6 is 0 Å². The van der Waals surface area contributed by atoms with Crippen molar-refractivity contribution in [3.05, 3.63) is 63.7 Å². The lowest BCUT2D eigenvalue weighted by atomic mass is 10.2. The van der Waals surface area contributed by atoms with E-state index < -0.39 is 0 Å². The lowest BCUT2D eigenvalue weighted by molar-refractivity contribution is 0.414. The predicted octanol–water partition coefficient (Wildman–Crippen LogP) is 3.13. The van der Waals surface area contributed by atoms with Gasteiger partial charge < -0.3 is 9.15 Å². The van der Waals surface area contributed by atoms with E-state index in [0.717, 1.165) is 11.3 Å². The number of hydrogen-bond donors (Lipinski definition) is 0. The van der Waals surface area contributed by atoms with Gasteiger partial charge in [-0.2, -0.15) is 0 Å². The molecule has 0 saturated heterocycles. The van der Waals surface area contributed by atoms with Crippen molar-refractivity contribution in [3.8, 4) is 5.75 Å². The Morgan fingerprint density at radius 3 is 2.67 bits per heavy atom. The third kappa shape index (κ3) is 2.88. The molecule has 0 aliphatic heterocycles. The van der Waals surface area contributed by atoms with E-state index in [1.807, 2.05) is 30.3 Å². The summed E-state index contributed by atoms with van der Waals surface area (Å²) in [6.45, 7) is 1.75. The maximum atomic E-state index is 11.3. The molecule has 0 fully saturated rings. The van der Waals surface area contributed by atoms with Crippen LogP contribution in [0.15, 0.2) is 45.6 Å². The highest BCUT2D eigenvalue weighted by molar-refractivity contribution is 5.70. The number of ether oxygens (including phenoxy) is 1. The number of rotatable bonds is 3. The van der Waals surface area contributed by atoms with Gasteiger partial charge in [-0.05, 0) is 25.1 Å². The van der Waals surface area contributed by atoms with Gasteiger partial charge in [0.05, 0.1) is 7.11 Å². The molecule has 0 N–H and O–H groups in total. The summed E-state index contributed by atoms with van der Waals surface area (Å²) in [7, 11) is 1.62. The second-order valence-corrected chi connectivity index (χ2v) is 3.88. The maximum Gasteiger partial charge on any atom is 0.185 e. The van der Waals surface area contributed by atoms with E-state index in [1.165, 1.54) is 12.1 Å². The van der Waals surface area contributed by atoms with Crippen LogP contribution in [0.3, 0.4) is 0 Å². The molecule has 18 heavy (non-hydrogen) atoms. The fourth-order valence-electron chi connectivity index (χ4n) is 1.69. The third-order valence-corrected chi connectivity index (χ3v) is 2.47. The zero-order valence-electron chi connectivity index (χ0n) is 10.3. The first-order valence-electron chi connectivity index (χ1n) is 5.62. The highest BCUT2D eigenvalue weighted by atomic mass is 16.5. The normalized spacial score (nSPS) is 10.8. The Morgan fingerprint density at radius 1 is 1.17 bits per heavy atom. The molecule has 0 amide bonds. The van der Waals surface area contributed by atoms with Gasteiger partial charge in [0, 0.05) is 17.7 Å². The van der Waals surface area contributed by atoms with Crippen molar-refractivity contribution in [1.29, 1.82) is 0 Å². The Balaban J connectivity index is 2.32. The van der Waals surface area contributed by atoms with Gasteiger partial charge in [0.25, 0.3) is 0 Å². The molecule has 2 aromatic rings. The average molecular weight is 242 g/mol. The van der Waals surface area contributed by atoms with Crippen LogP contribution in [0.5, 0.6) is 5.75 Å². The zero-order chi connectivity index (χ0) is 13.0. The van der Waals surface area contributed by atoms with E-state index in [4.69, 9.17) is 9.15 Å². The molecule has 1 aromatic heterocycles. The summed E-state index contributed by atoms with van der Waals surface area (Å²) >= 11 is 0. The second kappa shape index (κ2) is 5.36. The number of hydrogen-bond acceptors (Lipinski definition) is 3. The number of methoxy groups -OCH3 is 1. The van der Waals surface area contributed by atoms with Gasteiger partial charge in [0.2, 0.25) is 0 Å². The smallest absolute Gasteiger partial charge is 0.185 e. The molecule has 0 saturated carbocycles. The molecular formula is C15H14O3. The highest BCUT2D eigenvalue weighted by Gasteiger charge is 1.98. The van der Waals surface area contributed by atoms with Gasteiger partial charge in [-0.15, -0.1) is 0 Å². The maximum absolute atomic E-state index is 11.3. The van der Waals surface area contributed by atoms with Crippen LogP contribution in [-0.4, -0.2) is 7.11 Å². The van der Waals surface area contributed by atoms with Gasteiger partial charge >= 0.3 is 0 Å². The first-order chi connectivity index (χ1) is 8.69. The van der Waals surface area contributed by atoms with Crippen molar-refractivity contribution in [2.24, 2.45) is 0 Å². The van der Waals surface area contributed by atoms with Gasteiger partial charge in [-0.25, -0.2) is 0 Å². The second-order valence-electron chi connectivity index (χ2n) is 3.88. The van der Waals surface area contributed by atoms with Crippen molar-refractivity contribution < 1.29 is 9.15 Å². The number of benzene rings is 1. The topological polar surface area (TPSA) is 39.4 Å². The van der Waals surface area contributed by atoms with E-state index >= 15 is 0 Å². The minimum absolute atomic E-state index is 0.0570. The minimum Gasteiger partial charge on any atom is -0.496 e. The first kappa shape index (κ1) is 12.2. The molecule has 92 valence electrons. The van der Waals surface area contributed by atoms with E-state index in [9.17, 15) is 4.79 Å². The summed E-state index contributed by atoms with van der Waals surface area (Å²) in [6, 6.07) is 10.6. The number of aryl methyl sites for hydroxylation is 1. The van der Waals surface area contributed by atoms with Crippen LogP contribution in [0, 0.1) is 6.92 Å². The van der Waals surface area contributed by atoms with Gasteiger partial charge in [-0.3, -0.25) is 4.79 Å². The Bertz CT molecular complexity index is 624. The van der Waals surface area contributed by atoms with E-state index in [-0.39, 0.29) is 5.43 Å². The van der Waals surface area contributed by atoms with E-state index in [1.54, 1.807) is 20.1 Å². The monoisotopic (exact) mass is 242 g/mol. The highest BCUT2D eigenvalue weighted by Crippen LogP contribution is 2.19. The summed E-state index contributed by atoms with van der Waals surface area (Å²) in [6.07, 6.45) is 3.61. The first-order valence-corrected chi connectivity index (χ1v) is 5.62. The molecule has 0 aliphatic rings. The molecule has 2 rings (SSSR count). The lowest BCUT2D eigenvalue weighted by Crippen LogP contribution is -1.97. The Kier molecular flexibility index (Phi) is 3.63. The van der Waals surface area contributed by atoms with Crippen LogP contribution in [0.25, 0.3) is 12.2 Å². The predicted molar refractivity (Wildman–Crippen MR) is 71.6 cm³/mol. The number of para-hydroxylation sites is 1. The van der Waals surface area contributed by atoms with Crippen molar-refractivity contribution >= 4 is 12.2 Å². The summed E-state index contributed by atoms with van der Waals surface area (Å²) < 4.78 is 10.7. The molecule has 0 unspecified atom stereocenters. The lowest BCUT2D eigenvalue weighted by Gasteiger charge is -2.03. The van der Waals surface area contributed by atoms with E-state index in [0.29, 0.717) is 11.5 Å². The van der Waals surface area contributed by atoms with Crippen LogP contribution in [0.4, 0.5) is 0 Å². The Labute approximate surface area is 105 Å². The third-order valence-electron chi connectivity index (χ3n) is 2.47. The molecule has 0 aliphatic carbocycles. The van der Waals surface area contributed by atoms with Crippen LogP contribution in [-0.2, 0) is 0 Å². The van der Waals surface area contributed by atoms with Crippen LogP contribution in [0.2, 0.25) is 0 Å². The molecule has 1 heterocycles. The summed E-state index contributed by atoms with van der Waals surface area (Å²) in [4.78, 5) is 11.3. The molecule has 3 heteroatoms. The summed E-state index contributed by atoms with van der Waals surface area (Å²) in [5, 5.41) is 0.